The van der Waals surface area contributed by atoms with Gasteiger partial charge in [-0.2, -0.15) is 0 Å². The highest BCUT2D eigenvalue weighted by Gasteiger charge is 1.87. The van der Waals surface area contributed by atoms with E-state index in [1.165, 1.54) is 0 Å². The maximum atomic E-state index is 10.0. The summed E-state index contributed by atoms with van der Waals surface area (Å²) in [6.45, 7) is -0.135. The summed E-state index contributed by atoms with van der Waals surface area (Å²) < 4.78 is 0. The molecule has 1 aromatic rings. The highest BCUT2D eigenvalue weighted by Crippen LogP contribution is 1.99. The maximum Gasteiger partial charge on any atom is 0.0897 e. The van der Waals surface area contributed by atoms with Crippen molar-refractivity contribution in [2.75, 3.05) is 6.61 Å². The van der Waals surface area contributed by atoms with E-state index in [0.29, 0.717) is 0 Å². The van der Waals surface area contributed by atoms with Crippen LogP contribution in [-0.4, -0.2) is 6.61 Å². The third kappa shape index (κ3) is 1.86. The molecule has 0 fully saturated rings. The van der Waals surface area contributed by atoms with Crippen LogP contribution in [0.15, 0.2) is 30.3 Å². The molecule has 1 nitrogen and oxygen atoms in total. The van der Waals surface area contributed by atoms with E-state index >= 15 is 0 Å². The molecular weight excluding hydrogens is 112 g/mol. The number of hydrogen-bond donors (Lipinski definition) is 0. The zero-order valence-electron chi connectivity index (χ0n) is 5.08. The van der Waals surface area contributed by atoms with Gasteiger partial charge >= 0.3 is 0 Å². The van der Waals surface area contributed by atoms with Gasteiger partial charge in [0.15, 0.2) is 0 Å². The topological polar surface area (TPSA) is 19.9 Å². The van der Waals surface area contributed by atoms with E-state index in [1.807, 2.05) is 30.3 Å². The van der Waals surface area contributed by atoms with Crippen LogP contribution in [-0.2, 0) is 5.11 Å². The Balaban J connectivity index is 2.61. The third-order valence-corrected chi connectivity index (χ3v) is 1.12. The number of hydrogen-bond acceptors (Lipinski definition) is 0. The summed E-state index contributed by atoms with van der Waals surface area (Å²) >= 11 is 0. The van der Waals surface area contributed by atoms with Crippen molar-refractivity contribution in [2.24, 2.45) is 0 Å². The highest BCUT2D eigenvalue weighted by atomic mass is 16.2. The molecular formula is C8H8O. The minimum absolute atomic E-state index is 0.135. The molecule has 1 rings (SSSR count). The summed E-state index contributed by atoms with van der Waals surface area (Å²) in [5.41, 5.74) is 1.01. The lowest BCUT2D eigenvalue weighted by Gasteiger charge is -1.91. The van der Waals surface area contributed by atoms with Crippen LogP contribution in [0, 0.1) is 6.42 Å². The van der Waals surface area contributed by atoms with Crippen LogP contribution in [0.2, 0.25) is 0 Å². The molecule has 0 amide bonds. The van der Waals surface area contributed by atoms with E-state index in [2.05, 4.69) is 0 Å². The molecule has 0 aromatic heterocycles. The Bertz CT molecular complexity index is 157. The Morgan fingerprint density at radius 3 is 2.44 bits per heavy atom. The normalized spacial score (nSPS) is 9.44. The van der Waals surface area contributed by atoms with Crippen LogP contribution in [0.5, 0.6) is 0 Å². The molecule has 0 aliphatic carbocycles. The predicted octanol–water partition coefficient (Wildman–Crippen LogP) is 1.67. The van der Waals surface area contributed by atoms with Crippen LogP contribution in [0.1, 0.15) is 5.56 Å². The second-order valence-electron chi connectivity index (χ2n) is 1.78. The first-order valence-corrected chi connectivity index (χ1v) is 2.90. The average Bonchev–Trinajstić information content (AvgIpc) is 1.91. The minimum atomic E-state index is -0.135. The molecule has 2 radical (unpaired) electrons. The van der Waals surface area contributed by atoms with Crippen LogP contribution in [0.4, 0.5) is 0 Å². The Labute approximate surface area is 55.0 Å². The van der Waals surface area contributed by atoms with Gasteiger partial charge in [0.2, 0.25) is 0 Å². The Hall–Kier alpha value is -0.820. The zero-order valence-corrected chi connectivity index (χ0v) is 5.08. The van der Waals surface area contributed by atoms with Crippen LogP contribution in [0.3, 0.4) is 0 Å². The van der Waals surface area contributed by atoms with Gasteiger partial charge in [0, 0.05) is 6.42 Å². The van der Waals surface area contributed by atoms with Crippen LogP contribution >= 0.6 is 0 Å². The fraction of sp³-hybridized carbons (Fsp3) is 0.125. The third-order valence-electron chi connectivity index (χ3n) is 1.12. The largest absolute Gasteiger partial charge is 0.236 e. The van der Waals surface area contributed by atoms with E-state index in [-0.39, 0.29) is 6.61 Å². The first kappa shape index (κ1) is 6.30. The molecule has 1 heteroatoms. The van der Waals surface area contributed by atoms with Crippen molar-refractivity contribution in [3.05, 3.63) is 42.3 Å². The average molecular weight is 120 g/mol. The maximum absolute atomic E-state index is 10.0. The van der Waals surface area contributed by atoms with Crippen molar-refractivity contribution < 1.29 is 5.11 Å². The van der Waals surface area contributed by atoms with Gasteiger partial charge in [-0.05, 0) is 5.56 Å². The molecule has 0 bridgehead atoms. The van der Waals surface area contributed by atoms with Gasteiger partial charge in [-0.1, -0.05) is 30.3 Å². The first-order valence-electron chi connectivity index (χ1n) is 2.90. The predicted molar refractivity (Wildman–Crippen MR) is 35.4 cm³/mol. The molecule has 0 spiro atoms. The van der Waals surface area contributed by atoms with Gasteiger partial charge in [-0.3, -0.25) is 0 Å². The zero-order chi connectivity index (χ0) is 6.53. The second-order valence-corrected chi connectivity index (χ2v) is 1.78. The Morgan fingerprint density at radius 2 is 1.89 bits per heavy atom. The van der Waals surface area contributed by atoms with Crippen molar-refractivity contribution in [2.45, 2.75) is 0 Å². The van der Waals surface area contributed by atoms with E-state index in [1.54, 1.807) is 6.42 Å². The van der Waals surface area contributed by atoms with E-state index in [4.69, 9.17) is 0 Å². The number of benzene rings is 1. The molecule has 0 saturated heterocycles. The standard InChI is InChI=1S/C8H8O/c9-7-6-8-4-2-1-3-5-8/h1-6H,7H2. The van der Waals surface area contributed by atoms with Crippen molar-refractivity contribution in [1.29, 1.82) is 0 Å². The van der Waals surface area contributed by atoms with Crippen molar-refractivity contribution in [3.63, 3.8) is 0 Å². The number of rotatable bonds is 2. The first-order chi connectivity index (χ1) is 4.43. The summed E-state index contributed by atoms with van der Waals surface area (Å²) in [7, 11) is 0. The minimum Gasteiger partial charge on any atom is -0.236 e. The van der Waals surface area contributed by atoms with Crippen LogP contribution < -0.4 is 0 Å². The quantitative estimate of drug-likeness (QED) is 0.565. The van der Waals surface area contributed by atoms with E-state index in [9.17, 15) is 5.11 Å². The molecule has 0 aliphatic heterocycles. The molecule has 1 aromatic carbocycles. The summed E-state index contributed by atoms with van der Waals surface area (Å²) in [5, 5.41) is 10.0. The fourth-order valence-electron chi connectivity index (χ4n) is 0.685. The molecule has 0 N–H and O–H groups in total. The second kappa shape index (κ2) is 3.25. The van der Waals surface area contributed by atoms with Gasteiger partial charge in [0.1, 0.15) is 0 Å². The summed E-state index contributed by atoms with van der Waals surface area (Å²) in [5.74, 6) is 0. The monoisotopic (exact) mass is 120 g/mol. The van der Waals surface area contributed by atoms with Crippen molar-refractivity contribution in [1.82, 2.24) is 0 Å². The van der Waals surface area contributed by atoms with Crippen molar-refractivity contribution >= 4 is 0 Å². The van der Waals surface area contributed by atoms with Gasteiger partial charge in [0.05, 0.1) is 6.61 Å². The SMILES string of the molecule is [O]C[CH]c1ccccc1. The molecule has 0 atom stereocenters. The Kier molecular flexibility index (Phi) is 2.28. The molecule has 9 heavy (non-hydrogen) atoms. The summed E-state index contributed by atoms with van der Waals surface area (Å²) in [6.07, 6.45) is 1.65. The van der Waals surface area contributed by atoms with Gasteiger partial charge < -0.3 is 0 Å². The van der Waals surface area contributed by atoms with Gasteiger partial charge in [-0.15, -0.1) is 0 Å². The highest BCUT2D eigenvalue weighted by molar-refractivity contribution is 5.21. The van der Waals surface area contributed by atoms with E-state index < -0.39 is 0 Å². The van der Waals surface area contributed by atoms with Crippen molar-refractivity contribution in [3.8, 4) is 0 Å². The van der Waals surface area contributed by atoms with Gasteiger partial charge in [-0.25, -0.2) is 5.11 Å². The molecule has 0 unspecified atom stereocenters. The Morgan fingerprint density at radius 1 is 1.22 bits per heavy atom. The molecule has 0 saturated carbocycles. The summed E-state index contributed by atoms with van der Waals surface area (Å²) in [4.78, 5) is 0. The lowest BCUT2D eigenvalue weighted by molar-refractivity contribution is 0.223. The molecule has 0 aliphatic rings. The summed E-state index contributed by atoms with van der Waals surface area (Å²) in [6, 6.07) is 9.60. The smallest absolute Gasteiger partial charge is 0.0897 e. The van der Waals surface area contributed by atoms with E-state index in [0.717, 1.165) is 5.56 Å². The lowest BCUT2D eigenvalue weighted by Crippen LogP contribution is -1.83. The lowest BCUT2D eigenvalue weighted by atomic mass is 10.2. The fourth-order valence-corrected chi connectivity index (χ4v) is 0.685. The molecule has 0 heterocycles. The molecule has 46 valence electrons. The van der Waals surface area contributed by atoms with Gasteiger partial charge in [0.25, 0.3) is 0 Å². The van der Waals surface area contributed by atoms with Crippen LogP contribution in [0.25, 0.3) is 0 Å².